The number of hydrogen-bond acceptors (Lipinski definition) is 0. The quantitative estimate of drug-likeness (QED) is 0.613. The van der Waals surface area contributed by atoms with Crippen molar-refractivity contribution in [3.05, 3.63) is 29.3 Å². The van der Waals surface area contributed by atoms with E-state index in [0.29, 0.717) is 0 Å². The van der Waals surface area contributed by atoms with Crippen molar-refractivity contribution in [1.29, 1.82) is 0 Å². The minimum absolute atomic E-state index is 0. The summed E-state index contributed by atoms with van der Waals surface area (Å²) in [5.41, 5.74) is 7.56. The van der Waals surface area contributed by atoms with Gasteiger partial charge in [-0.15, -0.1) is 0 Å². The predicted octanol–water partition coefficient (Wildman–Crippen LogP) is 3.13. The number of benzene rings is 1. The number of quaternary nitrogens is 1. The fraction of sp³-hybridized carbons (Fsp3) is 0.500. The Hall–Kier alpha value is -0.755. The highest BCUT2D eigenvalue weighted by atomic mass is 14.5. The lowest BCUT2D eigenvalue weighted by Crippen LogP contribution is -2.41. The number of hydrogen-bond donors (Lipinski definition) is 1. The average Bonchev–Trinajstić information content (AvgIpc) is 1.94. The Labute approximate surface area is 88.6 Å². The first-order valence-electron chi connectivity index (χ1n) is 5.40. The van der Waals surface area contributed by atoms with Gasteiger partial charge < -0.3 is 5.73 Å². The maximum Gasteiger partial charge on any atom is 0.131 e. The normalized spacial score (nSPS) is 10.5. The zero-order chi connectivity index (χ0) is 11.4. The van der Waals surface area contributed by atoms with Crippen LogP contribution in [-0.2, 0) is 0 Å². The molecule has 0 spiro atoms. The van der Waals surface area contributed by atoms with Crippen LogP contribution in [0.2, 0.25) is 27.3 Å². The molecule has 1 aromatic carbocycles. The minimum Gasteiger partial charge on any atom is -0.325 e. The van der Waals surface area contributed by atoms with Crippen molar-refractivity contribution < 1.29 is 5.73 Å². The first kappa shape index (κ1) is 13.2. The Morgan fingerprint density at radius 1 is 1.00 bits per heavy atom. The van der Waals surface area contributed by atoms with Gasteiger partial charge in [-0.1, -0.05) is 12.1 Å². The first-order chi connectivity index (χ1) is 6.20. The van der Waals surface area contributed by atoms with Gasteiger partial charge in [-0.25, -0.2) is 0 Å². The Balaban J connectivity index is 0.000000292. The van der Waals surface area contributed by atoms with Crippen molar-refractivity contribution in [2.45, 2.75) is 41.1 Å². The molecule has 0 aliphatic rings. The van der Waals surface area contributed by atoms with Crippen LogP contribution < -0.4 is 5.73 Å². The summed E-state index contributed by atoms with van der Waals surface area (Å²) in [5.74, 6) is 0. The van der Waals surface area contributed by atoms with Gasteiger partial charge in [0.15, 0.2) is 0 Å². The number of rotatable bonds is 0. The maximum atomic E-state index is 3.88. The zero-order valence-corrected chi connectivity index (χ0v) is 10.5. The van der Waals surface area contributed by atoms with E-state index in [4.69, 9.17) is 0 Å². The van der Waals surface area contributed by atoms with Crippen LogP contribution in [0.4, 0.5) is 5.69 Å². The first-order valence-corrected chi connectivity index (χ1v) is 5.40. The summed E-state index contributed by atoms with van der Waals surface area (Å²) < 4.78 is 0. The molecule has 80 valence electrons. The van der Waals surface area contributed by atoms with Gasteiger partial charge in [0, 0.05) is 11.6 Å². The summed E-state index contributed by atoms with van der Waals surface area (Å²) in [6.45, 7) is 13.1. The molecule has 0 aliphatic heterocycles. The van der Waals surface area contributed by atoms with E-state index in [0.717, 1.165) is 5.69 Å². The third kappa shape index (κ3) is 7.87. The van der Waals surface area contributed by atoms with Crippen LogP contribution in [0.3, 0.4) is 0 Å². The van der Waals surface area contributed by atoms with Gasteiger partial charge in [-0.3, -0.25) is 0 Å². The smallest absolute Gasteiger partial charge is 0.131 e. The Morgan fingerprint density at radius 3 is 1.71 bits per heavy atom. The van der Waals surface area contributed by atoms with Gasteiger partial charge in [0.1, 0.15) is 5.69 Å². The second kappa shape index (κ2) is 5.21. The molecule has 0 saturated carbocycles. The van der Waals surface area contributed by atoms with E-state index in [9.17, 15) is 0 Å². The lowest BCUT2D eigenvalue weighted by atomic mass is 9.32. The van der Waals surface area contributed by atoms with E-state index >= 15 is 0 Å². The van der Waals surface area contributed by atoms with E-state index in [1.54, 1.807) is 0 Å². The van der Waals surface area contributed by atoms with E-state index < -0.39 is 0 Å². The summed E-state index contributed by atoms with van der Waals surface area (Å²) >= 11 is 0. The van der Waals surface area contributed by atoms with Gasteiger partial charge in [-0.05, 0) is 25.6 Å². The highest BCUT2D eigenvalue weighted by Gasteiger charge is 1.93. The molecule has 3 N–H and O–H groups in total. The molecule has 0 saturated heterocycles. The van der Waals surface area contributed by atoms with Crippen LogP contribution in [0.25, 0.3) is 0 Å². The molecule has 0 radical (unpaired) electrons. The van der Waals surface area contributed by atoms with Crippen molar-refractivity contribution in [2.75, 3.05) is 0 Å². The molecular formula is C12H24BN. The Morgan fingerprint density at radius 2 is 1.43 bits per heavy atom. The molecule has 1 nitrogen and oxygen atoms in total. The van der Waals surface area contributed by atoms with Crippen molar-refractivity contribution in [2.24, 2.45) is 0 Å². The van der Waals surface area contributed by atoms with Crippen LogP contribution in [0.15, 0.2) is 18.2 Å². The fourth-order valence-corrected chi connectivity index (χ4v) is 0.800. The lowest BCUT2D eigenvalue weighted by Gasteiger charge is -2.10. The molecule has 0 heterocycles. The predicted molar refractivity (Wildman–Crippen MR) is 67.7 cm³/mol. The monoisotopic (exact) mass is 193 g/mol. The summed E-state index contributed by atoms with van der Waals surface area (Å²) in [5, 5.41) is 0. The van der Waals surface area contributed by atoms with Crippen molar-refractivity contribution in [3.63, 3.8) is 0 Å². The van der Waals surface area contributed by atoms with E-state index in [1.807, 2.05) is 0 Å². The van der Waals surface area contributed by atoms with Gasteiger partial charge in [0.2, 0.25) is 0 Å². The SMILES string of the molecule is C[B-](C)(C)C.Cc1ccc(C)c([NH3+])c1. The van der Waals surface area contributed by atoms with Crippen LogP contribution >= 0.6 is 0 Å². The van der Waals surface area contributed by atoms with Gasteiger partial charge in [0.25, 0.3) is 0 Å². The second-order valence-electron chi connectivity index (χ2n) is 5.89. The molecule has 0 bridgehead atoms. The van der Waals surface area contributed by atoms with Crippen molar-refractivity contribution >= 4 is 11.8 Å². The number of aryl methyl sites for hydroxylation is 2. The summed E-state index contributed by atoms with van der Waals surface area (Å²) in [6.07, 6.45) is 0. The third-order valence-corrected chi connectivity index (χ3v) is 1.50. The van der Waals surface area contributed by atoms with Gasteiger partial charge >= 0.3 is 0 Å². The second-order valence-corrected chi connectivity index (χ2v) is 5.89. The molecule has 2 heteroatoms. The van der Waals surface area contributed by atoms with Gasteiger partial charge in [0.05, 0.1) is 0 Å². The average molecular weight is 193 g/mol. The topological polar surface area (TPSA) is 27.6 Å². The summed E-state index contributed by atoms with van der Waals surface area (Å²) in [6, 6.07) is 6.29. The summed E-state index contributed by atoms with van der Waals surface area (Å²) in [4.78, 5) is 0. The highest BCUT2D eigenvalue weighted by Crippen LogP contribution is 2.09. The largest absolute Gasteiger partial charge is 0.325 e. The van der Waals surface area contributed by atoms with Crippen molar-refractivity contribution in [3.8, 4) is 0 Å². The van der Waals surface area contributed by atoms with Crippen molar-refractivity contribution in [1.82, 2.24) is 0 Å². The molecule has 0 aromatic heterocycles. The molecule has 0 unspecified atom stereocenters. The molecule has 0 fully saturated rings. The fourth-order valence-electron chi connectivity index (χ4n) is 0.800. The van der Waals surface area contributed by atoms with Crippen LogP contribution in [-0.4, -0.2) is 6.15 Å². The Bertz CT molecular complexity index is 281. The molecule has 1 rings (SSSR count). The van der Waals surface area contributed by atoms with E-state index in [1.165, 1.54) is 11.1 Å². The molecule has 0 aliphatic carbocycles. The van der Waals surface area contributed by atoms with Crippen LogP contribution in [0.5, 0.6) is 0 Å². The minimum atomic E-state index is 0. The molecule has 14 heavy (non-hydrogen) atoms. The lowest BCUT2D eigenvalue weighted by molar-refractivity contribution is -0.255. The molecule has 1 aromatic rings. The standard InChI is InChI=1S/C8H11N.C4H12B/c1-6-3-4-7(2)8(9)5-6;1-5(2,3)4/h3-5H,9H2,1-2H3;1-4H3/q;-1/p+1. The van der Waals surface area contributed by atoms with Crippen LogP contribution in [0, 0.1) is 13.8 Å². The maximum absolute atomic E-state index is 3.88. The van der Waals surface area contributed by atoms with Gasteiger partial charge in [-0.2, -0.15) is 27.3 Å². The third-order valence-electron chi connectivity index (χ3n) is 1.50. The zero-order valence-electron chi connectivity index (χ0n) is 10.5. The molecule has 0 atom stereocenters. The molecular weight excluding hydrogens is 169 g/mol. The highest BCUT2D eigenvalue weighted by molar-refractivity contribution is 6.74. The Kier molecular flexibility index (Phi) is 4.93. The molecule has 0 amide bonds. The summed E-state index contributed by atoms with van der Waals surface area (Å²) in [7, 11) is 0. The van der Waals surface area contributed by atoms with Crippen LogP contribution in [0.1, 0.15) is 11.1 Å². The van der Waals surface area contributed by atoms with E-state index in [-0.39, 0.29) is 6.15 Å². The van der Waals surface area contributed by atoms with E-state index in [2.05, 4.69) is 65.1 Å².